The number of ether oxygens (including phenoxy) is 4. The van der Waals surface area contributed by atoms with Crippen molar-refractivity contribution in [3.63, 3.8) is 0 Å². The summed E-state index contributed by atoms with van der Waals surface area (Å²) in [7, 11) is 2.15. The van der Waals surface area contributed by atoms with Crippen LogP contribution in [0.5, 0.6) is 23.0 Å². The first-order valence-electron chi connectivity index (χ1n) is 9.04. The van der Waals surface area contributed by atoms with Gasteiger partial charge in [-0.1, -0.05) is 13.5 Å². The first kappa shape index (κ1) is 30.6. The number of hydrogen-bond acceptors (Lipinski definition) is 9. The Morgan fingerprint density at radius 2 is 1.55 bits per heavy atom. The molecular formula is C22H28NNaO8S. The Kier molecular flexibility index (Phi) is 13.0. The molecule has 2 aromatic rings. The van der Waals surface area contributed by atoms with Crippen molar-refractivity contribution in [3.8, 4) is 23.0 Å². The molecule has 0 radical (unpaired) electrons. The van der Waals surface area contributed by atoms with Crippen molar-refractivity contribution < 1.29 is 66.8 Å². The summed E-state index contributed by atoms with van der Waals surface area (Å²) < 4.78 is 46.3. The van der Waals surface area contributed by atoms with Crippen molar-refractivity contribution in [1.82, 2.24) is 0 Å². The maximum atomic E-state index is 12.7. The molecule has 0 aliphatic carbocycles. The number of anilines is 1. The van der Waals surface area contributed by atoms with Crippen LogP contribution in [0.1, 0.15) is 18.6 Å². The smallest absolute Gasteiger partial charge is 0.548 e. The minimum absolute atomic E-state index is 0. The number of carboxylic acids is 1. The second-order valence-electron chi connectivity index (χ2n) is 6.32. The van der Waals surface area contributed by atoms with Crippen LogP contribution in [0.2, 0.25) is 0 Å². The Bertz CT molecular complexity index is 1050. The fourth-order valence-electron chi connectivity index (χ4n) is 2.80. The van der Waals surface area contributed by atoms with Crippen LogP contribution < -0.4 is 58.9 Å². The van der Waals surface area contributed by atoms with Gasteiger partial charge in [-0.05, 0) is 23.8 Å². The van der Waals surface area contributed by atoms with Gasteiger partial charge in [0, 0.05) is 17.5 Å². The molecule has 0 heterocycles. The number of benzene rings is 2. The van der Waals surface area contributed by atoms with E-state index in [0.29, 0.717) is 39.8 Å². The van der Waals surface area contributed by atoms with E-state index >= 15 is 0 Å². The third-order valence-electron chi connectivity index (χ3n) is 4.25. The number of methoxy groups -OCH3 is 4. The van der Waals surface area contributed by atoms with Crippen LogP contribution in [-0.4, -0.2) is 49.4 Å². The average molecular weight is 490 g/mol. The normalized spacial score (nSPS) is 10.5. The van der Waals surface area contributed by atoms with E-state index in [9.17, 15) is 18.3 Å². The van der Waals surface area contributed by atoms with Crippen molar-refractivity contribution in [2.24, 2.45) is 0 Å². The Morgan fingerprint density at radius 3 is 2.03 bits per heavy atom. The van der Waals surface area contributed by atoms with Gasteiger partial charge in [0.1, 0.15) is 23.0 Å². The van der Waals surface area contributed by atoms with E-state index in [1.54, 1.807) is 24.3 Å². The molecule has 0 aliphatic rings. The van der Waals surface area contributed by atoms with E-state index in [4.69, 9.17) is 18.9 Å². The van der Waals surface area contributed by atoms with Gasteiger partial charge in [0.2, 0.25) is 0 Å². The predicted octanol–water partition coefficient (Wildman–Crippen LogP) is -0.891. The molecule has 0 aliphatic heterocycles. The minimum Gasteiger partial charge on any atom is -0.548 e. The average Bonchev–Trinajstić information content (AvgIpc) is 2.75. The van der Waals surface area contributed by atoms with E-state index in [-0.39, 0.29) is 42.7 Å². The van der Waals surface area contributed by atoms with E-state index in [0.717, 1.165) is 5.41 Å². The van der Waals surface area contributed by atoms with Crippen LogP contribution in [0.3, 0.4) is 0 Å². The van der Waals surface area contributed by atoms with E-state index < -0.39 is 22.4 Å². The summed E-state index contributed by atoms with van der Waals surface area (Å²) in [6, 6.07) is 7.90. The fourth-order valence-corrected chi connectivity index (χ4v) is 3.88. The Balaban J connectivity index is 0.00000512. The number of nitrogens with one attached hydrogen (secondary N) is 1. The summed E-state index contributed by atoms with van der Waals surface area (Å²) in [6.07, 6.45) is 1.39. The Labute approximate surface area is 216 Å². The maximum absolute atomic E-state index is 12.7. The zero-order valence-electron chi connectivity index (χ0n) is 18.6. The van der Waals surface area contributed by atoms with E-state index in [2.05, 4.69) is 5.32 Å². The Morgan fingerprint density at radius 1 is 0.970 bits per heavy atom. The van der Waals surface area contributed by atoms with Gasteiger partial charge in [0.05, 0.1) is 58.0 Å². The second kappa shape index (κ2) is 14.0. The quantitative estimate of drug-likeness (QED) is 0.400. The minimum atomic E-state index is -3.69. The first-order chi connectivity index (χ1) is 14.7. The molecule has 9 nitrogen and oxygen atoms in total. The third kappa shape index (κ3) is 8.81. The number of aliphatic carboxylic acids is 1. The van der Waals surface area contributed by atoms with Crippen LogP contribution in [0.25, 0.3) is 6.08 Å². The largest absolute Gasteiger partial charge is 1.00 e. The van der Waals surface area contributed by atoms with Gasteiger partial charge in [0.15, 0.2) is 9.84 Å². The molecule has 0 amide bonds. The van der Waals surface area contributed by atoms with Crippen LogP contribution in [0.4, 0.5) is 5.69 Å². The maximum Gasteiger partial charge on any atom is 1.00 e. The molecule has 2 aromatic carbocycles. The molecule has 1 N–H and O–H groups in total. The van der Waals surface area contributed by atoms with Crippen LogP contribution in [-0.2, 0) is 20.4 Å². The van der Waals surface area contributed by atoms with Crippen molar-refractivity contribution in [2.75, 3.05) is 40.3 Å². The number of carboxylic acid groups (broad SMARTS) is 1. The summed E-state index contributed by atoms with van der Waals surface area (Å²) >= 11 is 0. The van der Waals surface area contributed by atoms with Crippen molar-refractivity contribution in [3.05, 3.63) is 46.9 Å². The molecule has 0 atom stereocenters. The molecule has 176 valence electrons. The summed E-state index contributed by atoms with van der Waals surface area (Å²) in [5.74, 6) is 0.0511. The molecule has 33 heavy (non-hydrogen) atoms. The topological polar surface area (TPSA) is 123 Å². The van der Waals surface area contributed by atoms with E-state index in [1.165, 1.54) is 40.6 Å². The molecule has 2 rings (SSSR count). The van der Waals surface area contributed by atoms with Gasteiger partial charge in [-0.15, -0.1) is 0 Å². The monoisotopic (exact) mass is 489 g/mol. The number of sulfone groups is 1. The van der Waals surface area contributed by atoms with Gasteiger partial charge in [-0.25, -0.2) is 8.42 Å². The second-order valence-corrected chi connectivity index (χ2v) is 8.20. The van der Waals surface area contributed by atoms with Crippen molar-refractivity contribution in [1.29, 1.82) is 0 Å². The fraction of sp³-hybridized carbons (Fsp3) is 0.318. The molecule has 0 saturated carbocycles. The van der Waals surface area contributed by atoms with Gasteiger partial charge in [-0.3, -0.25) is 0 Å². The number of rotatable bonds is 11. The van der Waals surface area contributed by atoms with Crippen LogP contribution in [0, 0.1) is 0 Å². The van der Waals surface area contributed by atoms with Gasteiger partial charge in [-0.2, -0.15) is 0 Å². The zero-order valence-corrected chi connectivity index (χ0v) is 21.4. The summed E-state index contributed by atoms with van der Waals surface area (Å²) in [5, 5.41) is 14.4. The summed E-state index contributed by atoms with van der Waals surface area (Å²) in [5.41, 5.74) is 1.24. The number of hydrogen-bond donors (Lipinski definition) is 1. The Hall–Kier alpha value is -2.40. The van der Waals surface area contributed by atoms with Crippen LogP contribution >= 0.6 is 0 Å². The first-order valence-corrected chi connectivity index (χ1v) is 10.8. The molecule has 11 heteroatoms. The van der Waals surface area contributed by atoms with Gasteiger partial charge < -0.3 is 34.2 Å². The molecule has 0 bridgehead atoms. The van der Waals surface area contributed by atoms with Gasteiger partial charge in [0.25, 0.3) is 0 Å². The molecule has 0 unspecified atom stereocenters. The SMILES string of the molecule is C.COc1cc(OC)c(/C=C/S(=O)(=O)Cc2ccc(OC)c(NCC(=O)[O-])c2)c(OC)c1.[Na+]. The van der Waals surface area contributed by atoms with E-state index in [1.807, 2.05) is 0 Å². The molecule has 0 fully saturated rings. The van der Waals surface area contributed by atoms with Crippen molar-refractivity contribution in [2.45, 2.75) is 13.2 Å². The number of carbonyl (C=O) groups is 1. The summed E-state index contributed by atoms with van der Waals surface area (Å²) in [4.78, 5) is 10.7. The zero-order chi connectivity index (χ0) is 23.0. The standard InChI is InChI=1S/C21H25NO8S.CH4.Na/c1-27-15-10-19(29-3)16(20(11-15)30-4)7-8-31(25,26)13-14-5-6-18(28-2)17(9-14)22-12-21(23)24;;/h5-11,22H,12-13H2,1-4H3,(H,23,24);1H4;/q;;+1/p-1/b8-7+;;. The van der Waals surface area contributed by atoms with Gasteiger partial charge >= 0.3 is 29.6 Å². The predicted molar refractivity (Wildman–Crippen MR) is 121 cm³/mol. The van der Waals surface area contributed by atoms with Crippen molar-refractivity contribution >= 4 is 27.6 Å². The third-order valence-corrected chi connectivity index (χ3v) is 5.54. The molecule has 0 aromatic heterocycles. The van der Waals surface area contributed by atoms with Crippen LogP contribution in [0.15, 0.2) is 35.7 Å². The summed E-state index contributed by atoms with van der Waals surface area (Å²) in [6.45, 7) is -0.441. The number of carbonyl (C=O) groups excluding carboxylic acids is 1. The molecule has 0 saturated heterocycles. The molecular weight excluding hydrogens is 461 g/mol. The molecule has 0 spiro atoms.